The minimum Gasteiger partial charge on any atom is -0.344 e. The molecule has 108 valence electrons. The summed E-state index contributed by atoms with van der Waals surface area (Å²) in [7, 11) is 0. The number of aromatic nitrogens is 1. The molecule has 0 fully saturated rings. The highest BCUT2D eigenvalue weighted by Gasteiger charge is 2.14. The van der Waals surface area contributed by atoms with E-state index in [0.717, 1.165) is 15.6 Å². The first-order valence-corrected chi connectivity index (χ1v) is 7.10. The highest BCUT2D eigenvalue weighted by Crippen LogP contribution is 2.23. The Morgan fingerprint density at radius 1 is 1.14 bits per heavy atom. The van der Waals surface area contributed by atoms with E-state index in [2.05, 4.69) is 31.5 Å². The fourth-order valence-corrected chi connectivity index (χ4v) is 2.26. The summed E-state index contributed by atoms with van der Waals surface area (Å²) in [4.78, 5) is 27.4. The summed E-state index contributed by atoms with van der Waals surface area (Å²) in [6.07, 6.45) is 3.26. The van der Waals surface area contributed by atoms with Crippen LogP contribution >= 0.6 is 15.9 Å². The van der Waals surface area contributed by atoms with Crippen molar-refractivity contribution in [3.05, 3.63) is 58.3 Å². The normalized spacial score (nSPS) is 10.0. The molecule has 0 aliphatic rings. The molecular weight excluding hydrogens is 334 g/mol. The van der Waals surface area contributed by atoms with Crippen LogP contribution < -0.4 is 10.6 Å². The Kier molecular flexibility index (Phi) is 5.05. The molecule has 0 bridgehead atoms. The van der Waals surface area contributed by atoms with E-state index in [0.29, 0.717) is 5.69 Å². The lowest BCUT2D eigenvalue weighted by molar-refractivity contribution is -0.136. The molecule has 5 nitrogen and oxygen atoms in total. The minimum absolute atomic E-state index is 0.282. The van der Waals surface area contributed by atoms with E-state index in [1.54, 1.807) is 30.6 Å². The van der Waals surface area contributed by atoms with Crippen LogP contribution in [0.5, 0.6) is 0 Å². The van der Waals surface area contributed by atoms with Crippen LogP contribution in [-0.4, -0.2) is 16.8 Å². The van der Waals surface area contributed by atoms with Crippen molar-refractivity contribution in [2.45, 2.75) is 13.5 Å². The highest BCUT2D eigenvalue weighted by atomic mass is 79.9. The number of carbonyl (C=O) groups excluding carboxylic acids is 2. The summed E-state index contributed by atoms with van der Waals surface area (Å²) in [5, 5.41) is 5.12. The van der Waals surface area contributed by atoms with Crippen LogP contribution in [0.2, 0.25) is 0 Å². The van der Waals surface area contributed by atoms with Gasteiger partial charge in [-0.25, -0.2) is 0 Å². The number of benzene rings is 1. The maximum Gasteiger partial charge on any atom is 0.313 e. The van der Waals surface area contributed by atoms with Crippen molar-refractivity contribution in [3.8, 4) is 0 Å². The average molecular weight is 348 g/mol. The van der Waals surface area contributed by atoms with Gasteiger partial charge in [-0.3, -0.25) is 14.6 Å². The summed E-state index contributed by atoms with van der Waals surface area (Å²) < 4.78 is 0.734. The fraction of sp³-hybridized carbons (Fsp3) is 0.133. The van der Waals surface area contributed by atoms with Crippen LogP contribution in [0, 0.1) is 6.92 Å². The van der Waals surface area contributed by atoms with E-state index in [4.69, 9.17) is 0 Å². The number of rotatable bonds is 3. The third kappa shape index (κ3) is 4.39. The zero-order valence-corrected chi connectivity index (χ0v) is 13.0. The second-order valence-corrected chi connectivity index (χ2v) is 5.33. The summed E-state index contributed by atoms with van der Waals surface area (Å²) in [5.74, 6) is -1.38. The third-order valence-corrected chi connectivity index (χ3v) is 3.44. The van der Waals surface area contributed by atoms with Gasteiger partial charge in [0.25, 0.3) is 0 Å². The van der Waals surface area contributed by atoms with Crippen LogP contribution in [0.4, 0.5) is 5.69 Å². The molecule has 0 aliphatic carbocycles. The van der Waals surface area contributed by atoms with E-state index in [1.807, 2.05) is 19.1 Å². The maximum atomic E-state index is 11.8. The van der Waals surface area contributed by atoms with Gasteiger partial charge in [0.2, 0.25) is 0 Å². The first-order chi connectivity index (χ1) is 10.1. The van der Waals surface area contributed by atoms with Crippen molar-refractivity contribution in [1.82, 2.24) is 10.3 Å². The van der Waals surface area contributed by atoms with E-state index < -0.39 is 11.8 Å². The van der Waals surface area contributed by atoms with Gasteiger partial charge in [0, 0.05) is 23.4 Å². The molecule has 1 heterocycles. The second-order valence-electron chi connectivity index (χ2n) is 4.48. The molecule has 2 amide bonds. The zero-order valence-electron chi connectivity index (χ0n) is 11.4. The number of hydrogen-bond donors (Lipinski definition) is 2. The molecular formula is C15H14BrN3O2. The van der Waals surface area contributed by atoms with Crippen LogP contribution in [0.15, 0.2) is 47.2 Å². The lowest BCUT2D eigenvalue weighted by atomic mass is 10.2. The Balaban J connectivity index is 1.92. The number of nitrogens with one attached hydrogen (secondary N) is 2. The summed E-state index contributed by atoms with van der Waals surface area (Å²) in [5.41, 5.74) is 2.49. The van der Waals surface area contributed by atoms with Gasteiger partial charge in [-0.2, -0.15) is 0 Å². The zero-order chi connectivity index (χ0) is 15.2. The van der Waals surface area contributed by atoms with E-state index in [9.17, 15) is 9.59 Å². The van der Waals surface area contributed by atoms with Crippen LogP contribution in [0.25, 0.3) is 0 Å². The molecule has 21 heavy (non-hydrogen) atoms. The molecule has 0 atom stereocenters. The molecule has 2 rings (SSSR count). The first kappa shape index (κ1) is 15.2. The average Bonchev–Trinajstić information content (AvgIpc) is 2.48. The van der Waals surface area contributed by atoms with Gasteiger partial charge in [0.1, 0.15) is 0 Å². The largest absolute Gasteiger partial charge is 0.344 e. The molecule has 0 aliphatic heterocycles. The maximum absolute atomic E-state index is 11.8. The Hall–Kier alpha value is -2.21. The Morgan fingerprint density at radius 3 is 2.52 bits per heavy atom. The van der Waals surface area contributed by atoms with E-state index in [-0.39, 0.29) is 6.54 Å². The van der Waals surface area contributed by atoms with E-state index >= 15 is 0 Å². The predicted octanol–water partition coefficient (Wildman–Crippen LogP) is 2.41. The quantitative estimate of drug-likeness (QED) is 0.837. The number of nitrogens with zero attached hydrogens (tertiary/aromatic N) is 1. The van der Waals surface area contributed by atoms with Crippen molar-refractivity contribution in [3.63, 3.8) is 0 Å². The van der Waals surface area contributed by atoms with Gasteiger partial charge in [0.05, 0.1) is 5.69 Å². The van der Waals surface area contributed by atoms with Gasteiger partial charge >= 0.3 is 11.8 Å². The molecule has 0 saturated carbocycles. The highest BCUT2D eigenvalue weighted by molar-refractivity contribution is 9.10. The molecule has 0 spiro atoms. The van der Waals surface area contributed by atoms with Gasteiger partial charge in [-0.05, 0) is 58.2 Å². The molecule has 1 aromatic heterocycles. The minimum atomic E-state index is -0.700. The molecule has 6 heteroatoms. The number of hydrogen-bond acceptors (Lipinski definition) is 3. The molecule has 2 N–H and O–H groups in total. The Morgan fingerprint density at radius 2 is 1.86 bits per heavy atom. The van der Waals surface area contributed by atoms with Crippen molar-refractivity contribution >= 4 is 33.4 Å². The van der Waals surface area contributed by atoms with Crippen LogP contribution in [0.3, 0.4) is 0 Å². The van der Waals surface area contributed by atoms with Gasteiger partial charge in [-0.1, -0.05) is 6.07 Å². The van der Waals surface area contributed by atoms with Crippen molar-refractivity contribution in [1.29, 1.82) is 0 Å². The molecule has 0 radical (unpaired) electrons. The summed E-state index contributed by atoms with van der Waals surface area (Å²) in [6.45, 7) is 2.22. The molecule has 1 aromatic carbocycles. The van der Waals surface area contributed by atoms with Crippen molar-refractivity contribution < 1.29 is 9.59 Å². The SMILES string of the molecule is Cc1ccc(NC(=O)C(=O)NCc2ccncc2)c(Br)c1. The predicted molar refractivity (Wildman–Crippen MR) is 83.6 cm³/mol. The first-order valence-electron chi connectivity index (χ1n) is 6.30. The third-order valence-electron chi connectivity index (χ3n) is 2.78. The Labute approximate surface area is 130 Å². The van der Waals surface area contributed by atoms with Crippen molar-refractivity contribution in [2.24, 2.45) is 0 Å². The number of pyridine rings is 1. The van der Waals surface area contributed by atoms with Crippen LogP contribution in [-0.2, 0) is 16.1 Å². The number of halogens is 1. The number of carbonyl (C=O) groups is 2. The Bertz CT molecular complexity index is 659. The standard InChI is InChI=1S/C15H14BrN3O2/c1-10-2-3-13(12(16)8-10)19-15(21)14(20)18-9-11-4-6-17-7-5-11/h2-8H,9H2,1H3,(H,18,20)(H,19,21). The molecule has 0 saturated heterocycles. The molecule has 0 unspecified atom stereocenters. The summed E-state index contributed by atoms with van der Waals surface area (Å²) in [6, 6.07) is 9.01. The van der Waals surface area contributed by atoms with Gasteiger partial charge < -0.3 is 10.6 Å². The van der Waals surface area contributed by atoms with Gasteiger partial charge in [-0.15, -0.1) is 0 Å². The monoisotopic (exact) mass is 347 g/mol. The lowest BCUT2D eigenvalue weighted by Gasteiger charge is -2.08. The number of amides is 2. The van der Waals surface area contributed by atoms with Crippen LogP contribution in [0.1, 0.15) is 11.1 Å². The second kappa shape index (κ2) is 6.99. The van der Waals surface area contributed by atoms with Crippen molar-refractivity contribution in [2.75, 3.05) is 5.32 Å². The molecule has 2 aromatic rings. The van der Waals surface area contributed by atoms with E-state index in [1.165, 1.54) is 0 Å². The van der Waals surface area contributed by atoms with Gasteiger partial charge in [0.15, 0.2) is 0 Å². The lowest BCUT2D eigenvalue weighted by Crippen LogP contribution is -2.35. The summed E-state index contributed by atoms with van der Waals surface area (Å²) >= 11 is 3.35. The number of anilines is 1. The fourth-order valence-electron chi connectivity index (χ4n) is 1.66. The smallest absolute Gasteiger partial charge is 0.313 e. The topological polar surface area (TPSA) is 71.1 Å². The number of aryl methyl sites for hydroxylation is 1.